The molecule has 1 saturated heterocycles. The van der Waals surface area contributed by atoms with Crippen molar-refractivity contribution in [2.45, 2.75) is 50.5 Å². The molecule has 0 bridgehead atoms. The fourth-order valence-electron chi connectivity index (χ4n) is 3.13. The maximum Gasteiger partial charge on any atom is 0.335 e. The van der Waals surface area contributed by atoms with E-state index < -0.39 is 27.0 Å². The highest BCUT2D eigenvalue weighted by molar-refractivity contribution is 7.89. The number of ether oxygens (including phenoxy) is 1. The Kier molecular flexibility index (Phi) is 6.12. The van der Waals surface area contributed by atoms with E-state index in [9.17, 15) is 18.3 Å². The van der Waals surface area contributed by atoms with E-state index in [0.717, 1.165) is 0 Å². The van der Waals surface area contributed by atoms with Crippen LogP contribution in [0.3, 0.4) is 0 Å². The summed E-state index contributed by atoms with van der Waals surface area (Å²) in [5, 5.41) is 20.0. The van der Waals surface area contributed by atoms with Crippen molar-refractivity contribution in [2.75, 3.05) is 19.8 Å². The number of carboxylic acid groups (broad SMARTS) is 1. The fourth-order valence-corrected chi connectivity index (χ4v) is 4.68. The monoisotopic (exact) mass is 385 g/mol. The number of carbonyl (C=O) groups is 1. The lowest BCUT2D eigenvalue weighted by atomic mass is 9.70. The highest BCUT2D eigenvalue weighted by Gasteiger charge is 2.44. The molecule has 0 aromatic heterocycles. The third-order valence-corrected chi connectivity index (χ3v) is 6.75. The minimum atomic E-state index is -3.91. The van der Waals surface area contributed by atoms with Gasteiger partial charge in [-0.2, -0.15) is 0 Å². The molecule has 146 valence electrons. The van der Waals surface area contributed by atoms with Crippen LogP contribution in [0.1, 0.15) is 49.5 Å². The molecule has 1 aromatic rings. The van der Waals surface area contributed by atoms with Crippen LogP contribution >= 0.6 is 0 Å². The van der Waals surface area contributed by atoms with Crippen LogP contribution in [0.15, 0.2) is 23.1 Å². The molecule has 3 N–H and O–H groups in total. The van der Waals surface area contributed by atoms with Crippen LogP contribution in [0.5, 0.6) is 0 Å². The molecule has 1 heterocycles. The number of nitrogens with one attached hydrogen (secondary N) is 1. The summed E-state index contributed by atoms with van der Waals surface area (Å²) in [6.07, 6.45) is 1.34. The first-order valence-electron chi connectivity index (χ1n) is 8.68. The van der Waals surface area contributed by atoms with Crippen molar-refractivity contribution in [1.82, 2.24) is 4.72 Å². The van der Waals surface area contributed by atoms with Gasteiger partial charge in [-0.3, -0.25) is 0 Å². The SMILES string of the molecule is CCc1ccc(C(=O)O)cc1S(=O)(=O)NCC(C)(C)C1(O)CCOCC1. The Labute approximate surface area is 154 Å². The highest BCUT2D eigenvalue weighted by atomic mass is 32.2. The molecule has 1 aliphatic heterocycles. The topological polar surface area (TPSA) is 113 Å². The Morgan fingerprint density at radius 1 is 1.31 bits per heavy atom. The van der Waals surface area contributed by atoms with Gasteiger partial charge in [0.05, 0.1) is 16.1 Å². The Morgan fingerprint density at radius 3 is 2.46 bits per heavy atom. The predicted octanol–water partition coefficient (Wildman–Crippen LogP) is 1.79. The first kappa shape index (κ1) is 20.8. The van der Waals surface area contributed by atoms with Gasteiger partial charge in [-0.1, -0.05) is 26.8 Å². The van der Waals surface area contributed by atoms with Gasteiger partial charge in [0, 0.05) is 38.0 Å². The molecule has 2 rings (SSSR count). The number of rotatable bonds is 7. The summed E-state index contributed by atoms with van der Waals surface area (Å²) in [5.41, 5.74) is -1.26. The first-order chi connectivity index (χ1) is 12.0. The summed E-state index contributed by atoms with van der Waals surface area (Å²) in [4.78, 5) is 11.2. The minimum absolute atomic E-state index is 0.0327. The van der Waals surface area contributed by atoms with E-state index in [-0.39, 0.29) is 17.0 Å². The second-order valence-electron chi connectivity index (χ2n) is 7.33. The Bertz CT molecular complexity index is 766. The summed E-state index contributed by atoms with van der Waals surface area (Å²) in [6.45, 7) is 6.35. The van der Waals surface area contributed by atoms with E-state index in [1.807, 2.05) is 20.8 Å². The van der Waals surface area contributed by atoms with Gasteiger partial charge in [-0.25, -0.2) is 17.9 Å². The number of sulfonamides is 1. The second-order valence-corrected chi connectivity index (χ2v) is 9.07. The highest BCUT2D eigenvalue weighted by Crippen LogP contribution is 2.38. The average molecular weight is 385 g/mol. The zero-order chi connectivity index (χ0) is 19.6. The van der Waals surface area contributed by atoms with Crippen LogP contribution in [0.4, 0.5) is 0 Å². The molecule has 0 radical (unpaired) electrons. The molecule has 1 fully saturated rings. The van der Waals surface area contributed by atoms with E-state index in [2.05, 4.69) is 4.72 Å². The molecular weight excluding hydrogens is 358 g/mol. The van der Waals surface area contributed by atoms with Gasteiger partial charge in [0.1, 0.15) is 0 Å². The Morgan fingerprint density at radius 2 is 1.92 bits per heavy atom. The largest absolute Gasteiger partial charge is 0.478 e. The number of aliphatic hydroxyl groups is 1. The van der Waals surface area contributed by atoms with Crippen molar-refractivity contribution < 1.29 is 28.2 Å². The van der Waals surface area contributed by atoms with Crippen molar-refractivity contribution in [3.8, 4) is 0 Å². The van der Waals surface area contributed by atoms with E-state index >= 15 is 0 Å². The van der Waals surface area contributed by atoms with Gasteiger partial charge in [-0.05, 0) is 24.1 Å². The molecule has 26 heavy (non-hydrogen) atoms. The quantitative estimate of drug-likeness (QED) is 0.660. The van der Waals surface area contributed by atoms with Crippen molar-refractivity contribution in [2.24, 2.45) is 5.41 Å². The lowest BCUT2D eigenvalue weighted by Crippen LogP contribution is -2.53. The maximum absolute atomic E-state index is 12.8. The molecule has 0 atom stereocenters. The summed E-state index contributed by atoms with van der Waals surface area (Å²) >= 11 is 0. The van der Waals surface area contributed by atoms with Crippen molar-refractivity contribution in [1.29, 1.82) is 0 Å². The van der Waals surface area contributed by atoms with Crippen molar-refractivity contribution in [3.05, 3.63) is 29.3 Å². The van der Waals surface area contributed by atoms with E-state index in [1.165, 1.54) is 18.2 Å². The maximum atomic E-state index is 12.8. The van der Waals surface area contributed by atoms with Crippen LogP contribution in [0.25, 0.3) is 0 Å². The molecule has 0 spiro atoms. The number of hydrogen-bond donors (Lipinski definition) is 3. The predicted molar refractivity (Wildman–Crippen MR) is 96.8 cm³/mol. The van der Waals surface area contributed by atoms with Gasteiger partial charge in [0.15, 0.2) is 0 Å². The van der Waals surface area contributed by atoms with Gasteiger partial charge in [0.25, 0.3) is 0 Å². The number of carboxylic acids is 1. The molecule has 0 saturated carbocycles. The molecular formula is C18H27NO6S. The van der Waals surface area contributed by atoms with Gasteiger partial charge < -0.3 is 14.9 Å². The molecule has 0 amide bonds. The first-order valence-corrected chi connectivity index (χ1v) is 10.2. The van der Waals surface area contributed by atoms with Crippen molar-refractivity contribution >= 4 is 16.0 Å². The molecule has 1 aliphatic rings. The normalized spacial score (nSPS) is 17.8. The third-order valence-electron chi connectivity index (χ3n) is 5.27. The Hall–Kier alpha value is -1.48. The number of aromatic carboxylic acids is 1. The lowest BCUT2D eigenvalue weighted by Gasteiger charge is -2.45. The van der Waals surface area contributed by atoms with Crippen molar-refractivity contribution in [3.63, 3.8) is 0 Å². The van der Waals surface area contributed by atoms with E-state index in [4.69, 9.17) is 9.84 Å². The standard InChI is InChI=1S/C18H27NO6S/c1-4-13-5-6-14(16(20)21)11-15(13)26(23,24)19-12-17(2,3)18(22)7-9-25-10-8-18/h5-6,11,19,22H,4,7-10,12H2,1-3H3,(H,20,21). The van der Waals surface area contributed by atoms with Crippen LogP contribution in [0.2, 0.25) is 0 Å². The summed E-state index contributed by atoms with van der Waals surface area (Å²) in [5.74, 6) is -1.18. The molecule has 0 unspecified atom stereocenters. The zero-order valence-corrected chi connectivity index (χ0v) is 16.2. The fraction of sp³-hybridized carbons (Fsp3) is 0.611. The van der Waals surface area contributed by atoms with E-state index in [0.29, 0.717) is 38.0 Å². The van der Waals surface area contributed by atoms with Gasteiger partial charge >= 0.3 is 5.97 Å². The van der Waals surface area contributed by atoms with Gasteiger partial charge in [0.2, 0.25) is 10.0 Å². The lowest BCUT2D eigenvalue weighted by molar-refractivity contribution is -0.129. The molecule has 7 nitrogen and oxygen atoms in total. The minimum Gasteiger partial charge on any atom is -0.478 e. The Balaban J connectivity index is 2.26. The molecule has 0 aliphatic carbocycles. The average Bonchev–Trinajstić information content (AvgIpc) is 2.60. The number of benzene rings is 1. The summed E-state index contributed by atoms with van der Waals surface area (Å²) < 4.78 is 33.5. The zero-order valence-electron chi connectivity index (χ0n) is 15.4. The van der Waals surface area contributed by atoms with Crippen LogP contribution in [0, 0.1) is 5.41 Å². The van der Waals surface area contributed by atoms with Crippen LogP contribution in [-0.4, -0.2) is 50.0 Å². The molecule has 1 aromatic carbocycles. The summed E-state index contributed by atoms with van der Waals surface area (Å²) in [7, 11) is -3.91. The molecule has 8 heteroatoms. The van der Waals surface area contributed by atoms with Crippen LogP contribution in [-0.2, 0) is 21.2 Å². The second kappa shape index (κ2) is 7.64. The third kappa shape index (κ3) is 4.25. The number of hydrogen-bond acceptors (Lipinski definition) is 5. The van der Waals surface area contributed by atoms with E-state index in [1.54, 1.807) is 0 Å². The van der Waals surface area contributed by atoms with Gasteiger partial charge in [-0.15, -0.1) is 0 Å². The smallest absolute Gasteiger partial charge is 0.335 e. The van der Waals surface area contributed by atoms with Crippen LogP contribution < -0.4 is 4.72 Å². The summed E-state index contributed by atoms with van der Waals surface area (Å²) in [6, 6.07) is 4.10. The number of aryl methyl sites for hydroxylation is 1.